The minimum atomic E-state index is -0.907. The fraction of sp³-hybridized carbons (Fsp3) is 0.800. The number of urea groups is 1. The van der Waals surface area contributed by atoms with E-state index in [-0.39, 0.29) is 18.6 Å². The highest BCUT2D eigenvalue weighted by Gasteiger charge is 2.12. The lowest BCUT2D eigenvalue weighted by Gasteiger charge is -2.14. The van der Waals surface area contributed by atoms with Crippen molar-refractivity contribution in [1.29, 1.82) is 0 Å². The van der Waals surface area contributed by atoms with E-state index >= 15 is 0 Å². The summed E-state index contributed by atoms with van der Waals surface area (Å²) in [5.74, 6) is -0.476. The Bertz CT molecular complexity index is 236. The summed E-state index contributed by atoms with van der Waals surface area (Å²) in [6.07, 6.45) is 2.92. The zero-order valence-corrected chi connectivity index (χ0v) is 10.8. The molecule has 5 nitrogen and oxygen atoms in total. The van der Waals surface area contributed by atoms with E-state index < -0.39 is 11.9 Å². The number of carboxylic acid groups (broad SMARTS) is 1. The maximum atomic E-state index is 11.3. The monoisotopic (exact) mass is 248 g/mol. The number of hydrogen-bond donors (Lipinski definition) is 3. The van der Waals surface area contributed by atoms with Crippen LogP contribution >= 0.6 is 11.8 Å². The number of hydrogen-bond acceptors (Lipinski definition) is 3. The Hall–Kier alpha value is -0.910. The second kappa shape index (κ2) is 8.27. The van der Waals surface area contributed by atoms with Crippen molar-refractivity contribution in [2.75, 3.05) is 18.6 Å². The van der Waals surface area contributed by atoms with Gasteiger partial charge in [-0.3, -0.25) is 4.79 Å². The van der Waals surface area contributed by atoms with Gasteiger partial charge in [0, 0.05) is 12.6 Å². The number of rotatable bonds is 7. The Labute approximate surface area is 100 Å². The average molecular weight is 248 g/mol. The summed E-state index contributed by atoms with van der Waals surface area (Å²) in [6, 6.07) is -0.200. The molecule has 0 saturated heterocycles. The Kier molecular flexibility index (Phi) is 7.80. The molecule has 0 saturated carbocycles. The van der Waals surface area contributed by atoms with Crippen LogP contribution in [0.4, 0.5) is 4.79 Å². The molecule has 0 aliphatic rings. The zero-order chi connectivity index (χ0) is 12.6. The van der Waals surface area contributed by atoms with Crippen LogP contribution in [0.5, 0.6) is 0 Å². The van der Waals surface area contributed by atoms with E-state index in [0.29, 0.717) is 0 Å². The van der Waals surface area contributed by atoms with Crippen molar-refractivity contribution in [2.24, 2.45) is 5.92 Å². The molecule has 0 fully saturated rings. The first-order valence-electron chi connectivity index (χ1n) is 5.23. The first kappa shape index (κ1) is 15.1. The van der Waals surface area contributed by atoms with E-state index in [1.807, 2.05) is 13.2 Å². The quantitative estimate of drug-likeness (QED) is 0.631. The van der Waals surface area contributed by atoms with Gasteiger partial charge >= 0.3 is 12.0 Å². The van der Waals surface area contributed by atoms with Crippen LogP contribution in [0.1, 0.15) is 20.3 Å². The number of carbonyl (C=O) groups excluding carboxylic acids is 1. The summed E-state index contributed by atoms with van der Waals surface area (Å²) in [7, 11) is 0. The van der Waals surface area contributed by atoms with Crippen LogP contribution in [0.2, 0.25) is 0 Å². The Balaban J connectivity index is 3.69. The molecule has 94 valence electrons. The van der Waals surface area contributed by atoms with E-state index in [0.717, 1.165) is 12.2 Å². The molecule has 0 radical (unpaired) electrons. The van der Waals surface area contributed by atoms with Gasteiger partial charge in [0.25, 0.3) is 0 Å². The maximum Gasteiger partial charge on any atom is 0.315 e. The largest absolute Gasteiger partial charge is 0.481 e. The third kappa shape index (κ3) is 7.39. The molecule has 6 heteroatoms. The van der Waals surface area contributed by atoms with Crippen molar-refractivity contribution >= 4 is 23.8 Å². The van der Waals surface area contributed by atoms with Crippen LogP contribution in [0, 0.1) is 5.92 Å². The van der Waals surface area contributed by atoms with E-state index in [1.165, 1.54) is 0 Å². The lowest BCUT2D eigenvalue weighted by atomic mass is 10.2. The minimum absolute atomic E-state index is 0.104. The van der Waals surface area contributed by atoms with Gasteiger partial charge in [-0.2, -0.15) is 11.8 Å². The first-order chi connectivity index (χ1) is 7.47. The molecule has 0 aliphatic carbocycles. The van der Waals surface area contributed by atoms with Gasteiger partial charge in [-0.1, -0.05) is 6.92 Å². The zero-order valence-electron chi connectivity index (χ0n) is 9.95. The van der Waals surface area contributed by atoms with Crippen molar-refractivity contribution in [3.05, 3.63) is 0 Å². The normalized spacial score (nSPS) is 13.9. The fourth-order valence-electron chi connectivity index (χ4n) is 0.975. The maximum absolute atomic E-state index is 11.3. The summed E-state index contributed by atoms with van der Waals surface area (Å²) in [4.78, 5) is 21.8. The summed E-state index contributed by atoms with van der Waals surface area (Å²) in [6.45, 7) is 3.63. The molecule has 0 aliphatic heterocycles. The highest BCUT2D eigenvalue weighted by Crippen LogP contribution is 1.99. The van der Waals surface area contributed by atoms with Crippen LogP contribution in [0.25, 0.3) is 0 Å². The van der Waals surface area contributed by atoms with Crippen molar-refractivity contribution in [3.8, 4) is 0 Å². The molecule has 0 aromatic carbocycles. The number of thioether (sulfide) groups is 1. The second-order valence-electron chi connectivity index (χ2n) is 3.78. The summed E-state index contributed by atoms with van der Waals surface area (Å²) in [5, 5.41) is 13.9. The van der Waals surface area contributed by atoms with Crippen LogP contribution in [0.3, 0.4) is 0 Å². The molecular weight excluding hydrogens is 228 g/mol. The lowest BCUT2D eigenvalue weighted by molar-refractivity contribution is -0.140. The Morgan fingerprint density at radius 1 is 1.38 bits per heavy atom. The molecule has 2 unspecified atom stereocenters. The molecule has 0 heterocycles. The SMILES string of the molecule is CSCCC(C)NC(=O)NCC(C)C(=O)O. The number of nitrogens with one attached hydrogen (secondary N) is 2. The number of carbonyl (C=O) groups is 2. The van der Waals surface area contributed by atoms with Crippen molar-refractivity contribution in [1.82, 2.24) is 10.6 Å². The Morgan fingerprint density at radius 3 is 2.50 bits per heavy atom. The molecule has 0 aromatic heterocycles. The van der Waals surface area contributed by atoms with E-state index in [1.54, 1.807) is 18.7 Å². The van der Waals surface area contributed by atoms with Crippen molar-refractivity contribution in [2.45, 2.75) is 26.3 Å². The predicted molar refractivity (Wildman–Crippen MR) is 65.8 cm³/mol. The molecule has 16 heavy (non-hydrogen) atoms. The highest BCUT2D eigenvalue weighted by atomic mass is 32.2. The van der Waals surface area contributed by atoms with Crippen molar-refractivity contribution in [3.63, 3.8) is 0 Å². The third-order valence-corrected chi connectivity index (χ3v) is 2.77. The highest BCUT2D eigenvalue weighted by molar-refractivity contribution is 7.98. The molecule has 2 atom stereocenters. The van der Waals surface area contributed by atoms with Gasteiger partial charge in [-0.25, -0.2) is 4.79 Å². The van der Waals surface area contributed by atoms with Gasteiger partial charge in [-0.05, 0) is 25.4 Å². The number of aliphatic carboxylic acids is 1. The van der Waals surface area contributed by atoms with Crippen LogP contribution in [-0.4, -0.2) is 41.7 Å². The van der Waals surface area contributed by atoms with Crippen LogP contribution in [0.15, 0.2) is 0 Å². The third-order valence-electron chi connectivity index (χ3n) is 2.12. The molecular formula is C10H20N2O3S. The smallest absolute Gasteiger partial charge is 0.315 e. The van der Waals surface area contributed by atoms with Gasteiger partial charge in [-0.15, -0.1) is 0 Å². The summed E-state index contributed by atoms with van der Waals surface area (Å²) < 4.78 is 0. The van der Waals surface area contributed by atoms with Crippen molar-refractivity contribution < 1.29 is 14.7 Å². The van der Waals surface area contributed by atoms with E-state index in [9.17, 15) is 9.59 Å². The predicted octanol–water partition coefficient (Wildman–Crippen LogP) is 1.15. The molecule has 2 amide bonds. The first-order valence-corrected chi connectivity index (χ1v) is 6.62. The Morgan fingerprint density at radius 2 is 2.00 bits per heavy atom. The molecule has 0 aromatic rings. The molecule has 3 N–H and O–H groups in total. The van der Waals surface area contributed by atoms with Gasteiger partial charge in [0.2, 0.25) is 0 Å². The second-order valence-corrected chi connectivity index (χ2v) is 4.76. The van der Waals surface area contributed by atoms with Gasteiger partial charge < -0.3 is 15.7 Å². The van der Waals surface area contributed by atoms with Gasteiger partial charge in [0.05, 0.1) is 5.92 Å². The van der Waals surface area contributed by atoms with Gasteiger partial charge in [0.1, 0.15) is 0 Å². The number of carboxylic acids is 1. The fourth-order valence-corrected chi connectivity index (χ4v) is 1.56. The standard InChI is InChI=1S/C10H20N2O3S/c1-7(9(13)14)6-11-10(15)12-8(2)4-5-16-3/h7-8H,4-6H2,1-3H3,(H,13,14)(H2,11,12,15). The topological polar surface area (TPSA) is 78.4 Å². The van der Waals surface area contributed by atoms with Crippen LogP contribution < -0.4 is 10.6 Å². The van der Waals surface area contributed by atoms with Crippen LogP contribution in [-0.2, 0) is 4.79 Å². The minimum Gasteiger partial charge on any atom is -0.481 e. The molecule has 0 spiro atoms. The van der Waals surface area contributed by atoms with E-state index in [2.05, 4.69) is 10.6 Å². The van der Waals surface area contributed by atoms with E-state index in [4.69, 9.17) is 5.11 Å². The molecule has 0 bridgehead atoms. The van der Waals surface area contributed by atoms with Gasteiger partial charge in [0.15, 0.2) is 0 Å². The summed E-state index contributed by atoms with van der Waals surface area (Å²) in [5.41, 5.74) is 0. The lowest BCUT2D eigenvalue weighted by Crippen LogP contribution is -2.43. The summed E-state index contributed by atoms with van der Waals surface area (Å²) >= 11 is 1.73. The molecule has 0 rings (SSSR count). The number of amides is 2. The average Bonchev–Trinajstić information content (AvgIpc) is 2.22.